The van der Waals surface area contributed by atoms with Crippen LogP contribution >= 0.6 is 0 Å². The maximum absolute atomic E-state index is 12.3. The zero-order valence-corrected chi connectivity index (χ0v) is 14.5. The highest BCUT2D eigenvalue weighted by Gasteiger charge is 2.20. The van der Waals surface area contributed by atoms with Crippen LogP contribution in [-0.4, -0.2) is 28.3 Å². The maximum Gasteiger partial charge on any atom is 0.220 e. The van der Waals surface area contributed by atoms with E-state index in [-0.39, 0.29) is 11.9 Å². The third-order valence-corrected chi connectivity index (χ3v) is 4.54. The number of para-hydroxylation sites is 2. The molecule has 2 heterocycles. The van der Waals surface area contributed by atoms with Gasteiger partial charge in [0.1, 0.15) is 12.4 Å². The second kappa shape index (κ2) is 7.44. The Labute approximate surface area is 152 Å². The van der Waals surface area contributed by atoms with Crippen molar-refractivity contribution in [3.8, 4) is 11.4 Å². The van der Waals surface area contributed by atoms with Gasteiger partial charge < -0.3 is 10.1 Å². The lowest BCUT2D eigenvalue weighted by molar-refractivity contribution is -0.122. The lowest BCUT2D eigenvalue weighted by Gasteiger charge is -2.26. The van der Waals surface area contributed by atoms with Crippen LogP contribution in [0.1, 0.15) is 17.5 Å². The van der Waals surface area contributed by atoms with Crippen molar-refractivity contribution in [3.05, 3.63) is 78.1 Å². The van der Waals surface area contributed by atoms with Gasteiger partial charge in [-0.1, -0.05) is 36.4 Å². The number of benzene rings is 2. The number of hydrogen-bond donors (Lipinski definition) is 1. The molecular weight excluding hydrogens is 326 g/mol. The normalized spacial score (nSPS) is 15.8. The molecule has 0 saturated heterocycles. The number of rotatable bonds is 5. The van der Waals surface area contributed by atoms with Crippen LogP contribution in [0.3, 0.4) is 0 Å². The summed E-state index contributed by atoms with van der Waals surface area (Å²) in [5.74, 6) is 0.969. The summed E-state index contributed by atoms with van der Waals surface area (Å²) in [7, 11) is 0. The van der Waals surface area contributed by atoms with Gasteiger partial charge in [-0.25, -0.2) is 4.68 Å². The van der Waals surface area contributed by atoms with Gasteiger partial charge >= 0.3 is 0 Å². The van der Waals surface area contributed by atoms with Gasteiger partial charge in [0.05, 0.1) is 17.9 Å². The van der Waals surface area contributed by atoms with Crippen LogP contribution in [0.4, 0.5) is 0 Å². The molecule has 26 heavy (non-hydrogen) atoms. The number of nitrogens with one attached hydrogen (secondary N) is 1. The van der Waals surface area contributed by atoms with Gasteiger partial charge in [0, 0.05) is 12.6 Å². The number of aromatic nitrogens is 2. The van der Waals surface area contributed by atoms with E-state index in [1.807, 2.05) is 71.7 Å². The number of hydrogen-bond acceptors (Lipinski definition) is 3. The number of fused-ring (bicyclic) bond motifs is 1. The number of carbonyl (C=O) groups is 1. The summed E-state index contributed by atoms with van der Waals surface area (Å²) < 4.78 is 7.56. The van der Waals surface area contributed by atoms with E-state index in [0.717, 1.165) is 29.0 Å². The van der Waals surface area contributed by atoms with Gasteiger partial charge in [-0.3, -0.25) is 4.79 Å². The largest absolute Gasteiger partial charge is 0.491 e. The molecule has 0 spiro atoms. The van der Waals surface area contributed by atoms with Crippen molar-refractivity contribution in [2.24, 2.45) is 0 Å². The highest BCUT2D eigenvalue weighted by Crippen LogP contribution is 2.23. The Morgan fingerprint density at radius 1 is 1.15 bits per heavy atom. The number of aryl methyl sites for hydroxylation is 1. The van der Waals surface area contributed by atoms with Crippen LogP contribution < -0.4 is 10.1 Å². The van der Waals surface area contributed by atoms with E-state index < -0.39 is 0 Å². The summed E-state index contributed by atoms with van der Waals surface area (Å²) in [5.41, 5.74) is 3.21. The van der Waals surface area contributed by atoms with Crippen molar-refractivity contribution in [3.63, 3.8) is 0 Å². The summed E-state index contributed by atoms with van der Waals surface area (Å²) in [4.78, 5) is 12.3. The monoisotopic (exact) mass is 347 g/mol. The first-order valence-corrected chi connectivity index (χ1v) is 8.87. The van der Waals surface area contributed by atoms with Crippen molar-refractivity contribution >= 4 is 5.91 Å². The van der Waals surface area contributed by atoms with Crippen LogP contribution in [0, 0.1) is 0 Å². The minimum atomic E-state index is 0.0319. The van der Waals surface area contributed by atoms with Crippen LogP contribution in [0.15, 0.2) is 67.0 Å². The summed E-state index contributed by atoms with van der Waals surface area (Å²) in [6, 6.07) is 18.0. The Balaban J connectivity index is 1.29. The van der Waals surface area contributed by atoms with Crippen LogP contribution in [-0.2, 0) is 17.6 Å². The van der Waals surface area contributed by atoms with Gasteiger partial charge in [0.25, 0.3) is 0 Å². The fourth-order valence-corrected chi connectivity index (χ4v) is 3.19. The van der Waals surface area contributed by atoms with Gasteiger partial charge in [-0.05, 0) is 42.2 Å². The zero-order chi connectivity index (χ0) is 17.8. The van der Waals surface area contributed by atoms with Gasteiger partial charge in [0.2, 0.25) is 5.91 Å². The summed E-state index contributed by atoms with van der Waals surface area (Å²) >= 11 is 0. The molecule has 0 aliphatic carbocycles. The Morgan fingerprint density at radius 2 is 1.96 bits per heavy atom. The molecule has 1 aliphatic rings. The standard InChI is InChI=1S/C21H21N3O2/c25-21(23-18-12-17-6-4-5-9-20(17)26-15-18)11-10-16-13-22-24(14-16)19-7-2-1-3-8-19/h1-9,13-14,18H,10-12,15H2,(H,23,25)/t18-/m1/s1. The van der Waals surface area contributed by atoms with Gasteiger partial charge in [0.15, 0.2) is 0 Å². The quantitative estimate of drug-likeness (QED) is 0.772. The lowest BCUT2D eigenvalue weighted by atomic mass is 10.0. The van der Waals surface area contributed by atoms with E-state index in [9.17, 15) is 4.79 Å². The minimum absolute atomic E-state index is 0.0319. The minimum Gasteiger partial charge on any atom is -0.491 e. The second-order valence-electron chi connectivity index (χ2n) is 6.52. The Bertz CT molecular complexity index is 889. The number of nitrogens with zero attached hydrogens (tertiary/aromatic N) is 2. The first-order chi connectivity index (χ1) is 12.8. The molecule has 2 aromatic carbocycles. The number of ether oxygens (including phenoxy) is 1. The number of carbonyl (C=O) groups excluding carboxylic acids is 1. The molecule has 1 aliphatic heterocycles. The molecule has 5 nitrogen and oxygen atoms in total. The molecule has 1 aromatic heterocycles. The van der Waals surface area contributed by atoms with E-state index >= 15 is 0 Å². The maximum atomic E-state index is 12.3. The van der Waals surface area contributed by atoms with Crippen molar-refractivity contribution in [1.82, 2.24) is 15.1 Å². The summed E-state index contributed by atoms with van der Waals surface area (Å²) in [5, 5.41) is 7.45. The zero-order valence-electron chi connectivity index (χ0n) is 14.5. The molecule has 5 heteroatoms. The molecular formula is C21H21N3O2. The van der Waals surface area contributed by atoms with E-state index in [0.29, 0.717) is 19.4 Å². The molecule has 0 unspecified atom stereocenters. The molecule has 3 aromatic rings. The third kappa shape index (κ3) is 3.77. The highest BCUT2D eigenvalue weighted by molar-refractivity contribution is 5.76. The molecule has 1 atom stereocenters. The molecule has 0 saturated carbocycles. The molecule has 1 N–H and O–H groups in total. The fraction of sp³-hybridized carbons (Fsp3) is 0.238. The Hall–Kier alpha value is -3.08. The van der Waals surface area contributed by atoms with Crippen LogP contribution in [0.25, 0.3) is 5.69 Å². The Morgan fingerprint density at radius 3 is 2.85 bits per heavy atom. The molecule has 0 fully saturated rings. The molecule has 0 bridgehead atoms. The predicted molar refractivity (Wildman–Crippen MR) is 99.5 cm³/mol. The van der Waals surface area contributed by atoms with E-state index in [4.69, 9.17) is 4.74 Å². The van der Waals surface area contributed by atoms with Crippen molar-refractivity contribution in [2.45, 2.75) is 25.3 Å². The predicted octanol–water partition coefficient (Wildman–Crippen LogP) is 2.92. The van der Waals surface area contributed by atoms with Crippen molar-refractivity contribution in [2.75, 3.05) is 6.61 Å². The summed E-state index contributed by atoms with van der Waals surface area (Å²) in [6.45, 7) is 0.523. The van der Waals surface area contributed by atoms with Gasteiger partial charge in [-0.15, -0.1) is 0 Å². The first-order valence-electron chi connectivity index (χ1n) is 8.87. The third-order valence-electron chi connectivity index (χ3n) is 4.54. The molecule has 1 amide bonds. The molecule has 0 radical (unpaired) electrons. The van der Waals surface area contributed by atoms with Crippen LogP contribution in [0.2, 0.25) is 0 Å². The van der Waals surface area contributed by atoms with Crippen LogP contribution in [0.5, 0.6) is 5.75 Å². The Kier molecular flexibility index (Phi) is 4.69. The SMILES string of the molecule is O=C(CCc1cnn(-c2ccccc2)c1)N[C@H]1COc2ccccc2C1. The van der Waals surface area contributed by atoms with E-state index in [1.54, 1.807) is 0 Å². The topological polar surface area (TPSA) is 56.2 Å². The average molecular weight is 347 g/mol. The fourth-order valence-electron chi connectivity index (χ4n) is 3.19. The van der Waals surface area contributed by atoms with E-state index in [1.165, 1.54) is 0 Å². The van der Waals surface area contributed by atoms with Crippen molar-refractivity contribution in [1.29, 1.82) is 0 Å². The van der Waals surface area contributed by atoms with Gasteiger partial charge in [-0.2, -0.15) is 5.10 Å². The summed E-state index contributed by atoms with van der Waals surface area (Å²) in [6.07, 6.45) is 5.72. The van der Waals surface area contributed by atoms with E-state index in [2.05, 4.69) is 10.4 Å². The van der Waals surface area contributed by atoms with Crippen molar-refractivity contribution < 1.29 is 9.53 Å². The molecule has 132 valence electrons. The second-order valence-corrected chi connectivity index (χ2v) is 6.52. The molecule has 4 rings (SSSR count). The number of amides is 1. The first kappa shape index (κ1) is 16.4. The average Bonchev–Trinajstić information content (AvgIpc) is 3.16. The lowest BCUT2D eigenvalue weighted by Crippen LogP contribution is -2.42. The highest BCUT2D eigenvalue weighted by atomic mass is 16.5. The smallest absolute Gasteiger partial charge is 0.220 e.